The van der Waals surface area contributed by atoms with Crippen LogP contribution in [-0.2, 0) is 4.74 Å². The van der Waals surface area contributed by atoms with Gasteiger partial charge in [0.1, 0.15) is 5.82 Å². The minimum atomic E-state index is 0.425. The summed E-state index contributed by atoms with van der Waals surface area (Å²) >= 11 is 0. The van der Waals surface area contributed by atoms with Gasteiger partial charge < -0.3 is 9.64 Å². The lowest BCUT2D eigenvalue weighted by atomic mass is 10.1. The molecule has 0 radical (unpaired) electrons. The number of H-pyrrole nitrogens is 1. The largest absolute Gasteiger partial charge is 0.381 e. The van der Waals surface area contributed by atoms with Crippen LogP contribution < -0.4 is 4.90 Å². The van der Waals surface area contributed by atoms with Crippen LogP contribution in [0.2, 0.25) is 0 Å². The van der Waals surface area contributed by atoms with Crippen molar-refractivity contribution in [2.75, 3.05) is 31.2 Å². The van der Waals surface area contributed by atoms with E-state index in [0.717, 1.165) is 44.5 Å². The number of nitrogens with zero attached hydrogens (tertiary/aromatic N) is 3. The molecule has 5 nitrogen and oxygen atoms in total. The number of rotatable bonds is 2. The van der Waals surface area contributed by atoms with Gasteiger partial charge in [-0.05, 0) is 19.3 Å². The average Bonchev–Trinajstić information content (AvgIpc) is 3.02. The summed E-state index contributed by atoms with van der Waals surface area (Å²) in [6.45, 7) is 3.83. The van der Waals surface area contributed by atoms with E-state index >= 15 is 0 Å². The van der Waals surface area contributed by atoms with E-state index in [1.54, 1.807) is 0 Å². The monoisotopic (exact) mass is 208 g/mol. The molecule has 2 aliphatic heterocycles. The molecule has 0 bridgehead atoms. The van der Waals surface area contributed by atoms with Gasteiger partial charge in [-0.25, -0.2) is 0 Å². The van der Waals surface area contributed by atoms with Gasteiger partial charge in [0.2, 0.25) is 5.95 Å². The highest BCUT2D eigenvalue weighted by Crippen LogP contribution is 2.24. The molecule has 0 aliphatic carbocycles. The van der Waals surface area contributed by atoms with Crippen LogP contribution in [0.25, 0.3) is 0 Å². The van der Waals surface area contributed by atoms with Crippen LogP contribution >= 0.6 is 0 Å². The molecule has 0 aromatic carbocycles. The van der Waals surface area contributed by atoms with Crippen molar-refractivity contribution in [1.29, 1.82) is 0 Å². The van der Waals surface area contributed by atoms with E-state index in [2.05, 4.69) is 20.1 Å². The Morgan fingerprint density at radius 1 is 1.33 bits per heavy atom. The summed E-state index contributed by atoms with van der Waals surface area (Å²) in [6.07, 6.45) is 3.58. The molecule has 0 spiro atoms. The summed E-state index contributed by atoms with van der Waals surface area (Å²) in [4.78, 5) is 6.80. The highest BCUT2D eigenvalue weighted by atomic mass is 16.5. The van der Waals surface area contributed by atoms with E-state index < -0.39 is 0 Å². The second-order valence-corrected chi connectivity index (χ2v) is 4.28. The number of aromatic amines is 1. The van der Waals surface area contributed by atoms with E-state index in [1.807, 2.05) is 0 Å². The first-order chi connectivity index (χ1) is 7.43. The van der Waals surface area contributed by atoms with E-state index in [9.17, 15) is 0 Å². The van der Waals surface area contributed by atoms with Crippen LogP contribution in [0.15, 0.2) is 0 Å². The smallest absolute Gasteiger partial charge is 0.244 e. The lowest BCUT2D eigenvalue weighted by Gasteiger charge is -2.10. The van der Waals surface area contributed by atoms with Crippen molar-refractivity contribution in [1.82, 2.24) is 15.2 Å². The standard InChI is InChI=1S/C10H16N4O/c1-2-5-14(4-1)10-11-9(12-13-10)8-3-6-15-7-8/h8H,1-7H2,(H,11,12,13). The van der Waals surface area contributed by atoms with Crippen molar-refractivity contribution >= 4 is 5.95 Å². The van der Waals surface area contributed by atoms with E-state index in [-0.39, 0.29) is 0 Å². The second kappa shape index (κ2) is 3.81. The van der Waals surface area contributed by atoms with E-state index in [4.69, 9.17) is 4.74 Å². The summed E-state index contributed by atoms with van der Waals surface area (Å²) in [5.74, 6) is 2.29. The number of hydrogen-bond acceptors (Lipinski definition) is 4. The average molecular weight is 208 g/mol. The van der Waals surface area contributed by atoms with Gasteiger partial charge >= 0.3 is 0 Å². The van der Waals surface area contributed by atoms with Gasteiger partial charge in [0.25, 0.3) is 0 Å². The van der Waals surface area contributed by atoms with Gasteiger partial charge in [0.05, 0.1) is 6.61 Å². The third-order valence-electron chi connectivity index (χ3n) is 3.20. The molecule has 0 saturated carbocycles. The summed E-state index contributed by atoms with van der Waals surface area (Å²) in [5, 5.41) is 7.32. The minimum absolute atomic E-state index is 0.425. The Morgan fingerprint density at radius 3 is 2.93 bits per heavy atom. The SMILES string of the molecule is C1CCN(c2n[nH]c(C3CCOC3)n2)C1. The van der Waals surface area contributed by atoms with Crippen molar-refractivity contribution in [2.24, 2.45) is 0 Å². The van der Waals surface area contributed by atoms with Gasteiger partial charge in [-0.2, -0.15) is 4.98 Å². The molecule has 1 unspecified atom stereocenters. The highest BCUT2D eigenvalue weighted by Gasteiger charge is 2.23. The molecule has 1 aromatic heterocycles. The maximum absolute atomic E-state index is 5.34. The molecule has 3 heterocycles. The van der Waals surface area contributed by atoms with Crippen molar-refractivity contribution in [2.45, 2.75) is 25.2 Å². The first-order valence-corrected chi connectivity index (χ1v) is 5.68. The number of ether oxygens (including phenoxy) is 1. The molecule has 0 amide bonds. The fraction of sp³-hybridized carbons (Fsp3) is 0.800. The Hall–Kier alpha value is -1.10. The van der Waals surface area contributed by atoms with Crippen molar-refractivity contribution in [3.63, 3.8) is 0 Å². The molecule has 1 N–H and O–H groups in total. The maximum Gasteiger partial charge on any atom is 0.244 e. The highest BCUT2D eigenvalue weighted by molar-refractivity contribution is 5.30. The van der Waals surface area contributed by atoms with Crippen molar-refractivity contribution in [3.8, 4) is 0 Å². The molecule has 2 saturated heterocycles. The van der Waals surface area contributed by atoms with Crippen molar-refractivity contribution < 1.29 is 4.74 Å². The fourth-order valence-corrected chi connectivity index (χ4v) is 2.26. The van der Waals surface area contributed by atoms with Gasteiger partial charge in [0.15, 0.2) is 0 Å². The molecule has 1 aromatic rings. The number of anilines is 1. The number of nitrogens with one attached hydrogen (secondary N) is 1. The Balaban J connectivity index is 1.74. The molecule has 82 valence electrons. The summed E-state index contributed by atoms with van der Waals surface area (Å²) in [5.41, 5.74) is 0. The lowest BCUT2D eigenvalue weighted by Crippen LogP contribution is -2.19. The maximum atomic E-state index is 5.34. The van der Waals surface area contributed by atoms with Crippen LogP contribution in [0.5, 0.6) is 0 Å². The zero-order valence-corrected chi connectivity index (χ0v) is 8.78. The van der Waals surface area contributed by atoms with Crippen LogP contribution in [-0.4, -0.2) is 41.5 Å². The Bertz CT molecular complexity index is 295. The van der Waals surface area contributed by atoms with Crippen LogP contribution in [0.3, 0.4) is 0 Å². The van der Waals surface area contributed by atoms with Gasteiger partial charge in [-0.1, -0.05) is 0 Å². The molecular formula is C10H16N4O. The van der Waals surface area contributed by atoms with E-state index in [0.29, 0.717) is 5.92 Å². The molecular weight excluding hydrogens is 192 g/mol. The lowest BCUT2D eigenvalue weighted by molar-refractivity contribution is 0.193. The van der Waals surface area contributed by atoms with Crippen LogP contribution in [0.1, 0.15) is 31.0 Å². The topological polar surface area (TPSA) is 54.0 Å². The predicted octanol–water partition coefficient (Wildman–Crippen LogP) is 0.909. The number of hydrogen-bond donors (Lipinski definition) is 1. The fourth-order valence-electron chi connectivity index (χ4n) is 2.26. The van der Waals surface area contributed by atoms with Crippen LogP contribution in [0, 0.1) is 0 Å². The van der Waals surface area contributed by atoms with E-state index in [1.165, 1.54) is 12.8 Å². The Morgan fingerprint density at radius 2 is 2.20 bits per heavy atom. The first-order valence-electron chi connectivity index (χ1n) is 5.68. The van der Waals surface area contributed by atoms with Gasteiger partial charge in [-0.15, -0.1) is 5.10 Å². The zero-order chi connectivity index (χ0) is 10.1. The molecule has 2 aliphatic rings. The minimum Gasteiger partial charge on any atom is -0.381 e. The Labute approximate surface area is 88.8 Å². The summed E-state index contributed by atoms with van der Waals surface area (Å²) < 4.78 is 5.34. The quantitative estimate of drug-likeness (QED) is 0.785. The van der Waals surface area contributed by atoms with Gasteiger partial charge in [0, 0.05) is 25.6 Å². The molecule has 1 atom stereocenters. The summed E-state index contributed by atoms with van der Waals surface area (Å²) in [6, 6.07) is 0. The van der Waals surface area contributed by atoms with Crippen molar-refractivity contribution in [3.05, 3.63) is 5.82 Å². The first kappa shape index (κ1) is 9.15. The Kier molecular flexibility index (Phi) is 2.32. The zero-order valence-electron chi connectivity index (χ0n) is 8.78. The summed E-state index contributed by atoms with van der Waals surface area (Å²) in [7, 11) is 0. The number of aromatic nitrogens is 3. The molecule has 15 heavy (non-hydrogen) atoms. The van der Waals surface area contributed by atoms with Gasteiger partial charge in [-0.3, -0.25) is 5.10 Å². The predicted molar refractivity (Wildman–Crippen MR) is 56.0 cm³/mol. The molecule has 2 fully saturated rings. The third-order valence-corrected chi connectivity index (χ3v) is 3.20. The van der Waals surface area contributed by atoms with Crippen LogP contribution in [0.4, 0.5) is 5.95 Å². The third kappa shape index (κ3) is 1.71. The second-order valence-electron chi connectivity index (χ2n) is 4.28. The normalized spacial score (nSPS) is 26.4. The molecule has 3 rings (SSSR count). The molecule has 5 heteroatoms.